The van der Waals surface area contributed by atoms with E-state index in [-0.39, 0.29) is 0 Å². The summed E-state index contributed by atoms with van der Waals surface area (Å²) in [5, 5.41) is 1.21. The summed E-state index contributed by atoms with van der Waals surface area (Å²) in [6, 6.07) is 10.2. The average molecular weight is 196 g/mol. The Hall–Kier alpha value is -0.643. The first kappa shape index (κ1) is 10.4. The molecule has 0 aliphatic rings. The van der Waals surface area contributed by atoms with Gasteiger partial charge in [0.1, 0.15) is 0 Å². The lowest BCUT2D eigenvalue weighted by atomic mass is 10.4. The summed E-state index contributed by atoms with van der Waals surface area (Å²) < 4.78 is 11.0. The minimum absolute atomic E-state index is 0.791. The fourth-order valence-corrected chi connectivity index (χ4v) is 2.72. The maximum Gasteiger partial charge on any atom is 0.355 e. The summed E-state index contributed by atoms with van der Waals surface area (Å²) >= 11 is 0. The van der Waals surface area contributed by atoms with Crippen LogP contribution in [0.2, 0.25) is 0 Å². The zero-order valence-corrected chi connectivity index (χ0v) is 9.35. The molecular formula is C10H16O2Si. The molecule has 2 nitrogen and oxygen atoms in total. The summed E-state index contributed by atoms with van der Waals surface area (Å²) in [4.78, 5) is 0. The van der Waals surface area contributed by atoms with Gasteiger partial charge in [-0.05, 0) is 11.6 Å². The second-order valence-electron chi connectivity index (χ2n) is 2.85. The maximum atomic E-state index is 5.64. The van der Waals surface area contributed by atoms with Crippen molar-refractivity contribution in [3.63, 3.8) is 0 Å². The molecule has 0 saturated heterocycles. The van der Waals surface area contributed by atoms with Gasteiger partial charge in [-0.3, -0.25) is 0 Å². The van der Waals surface area contributed by atoms with E-state index in [1.807, 2.05) is 18.2 Å². The molecule has 0 fully saturated rings. The van der Waals surface area contributed by atoms with Crippen molar-refractivity contribution >= 4 is 14.5 Å². The first-order valence-electron chi connectivity index (χ1n) is 4.57. The standard InChI is InChI=1S/C10H16O2Si/c1-3-9-12-13(11-2)10-7-5-4-6-8-10/h4-8,13H,3,9H2,1-2H3. The Bertz CT molecular complexity index is 226. The van der Waals surface area contributed by atoms with Gasteiger partial charge in [0.15, 0.2) is 0 Å². The fourth-order valence-electron chi connectivity index (χ4n) is 1.14. The van der Waals surface area contributed by atoms with E-state index in [1.54, 1.807) is 7.11 Å². The molecular weight excluding hydrogens is 180 g/mol. The Kier molecular flexibility index (Phi) is 4.75. The van der Waals surface area contributed by atoms with Gasteiger partial charge in [0.05, 0.1) is 0 Å². The molecule has 0 amide bonds. The number of hydrogen-bond donors (Lipinski definition) is 0. The highest BCUT2D eigenvalue weighted by Crippen LogP contribution is 1.92. The van der Waals surface area contributed by atoms with E-state index in [0.717, 1.165) is 13.0 Å². The van der Waals surface area contributed by atoms with Crippen molar-refractivity contribution in [2.24, 2.45) is 0 Å². The zero-order valence-electron chi connectivity index (χ0n) is 8.19. The Balaban J connectivity index is 2.56. The van der Waals surface area contributed by atoms with Crippen molar-refractivity contribution in [1.29, 1.82) is 0 Å². The highest BCUT2D eigenvalue weighted by Gasteiger charge is 2.13. The van der Waals surface area contributed by atoms with Crippen LogP contribution in [0.15, 0.2) is 30.3 Å². The van der Waals surface area contributed by atoms with Crippen LogP contribution in [0.1, 0.15) is 13.3 Å². The zero-order chi connectivity index (χ0) is 9.52. The van der Waals surface area contributed by atoms with E-state index in [2.05, 4.69) is 19.1 Å². The summed E-state index contributed by atoms with van der Waals surface area (Å²) in [5.41, 5.74) is 0. The van der Waals surface area contributed by atoms with Crippen molar-refractivity contribution in [2.45, 2.75) is 13.3 Å². The molecule has 0 spiro atoms. The van der Waals surface area contributed by atoms with Gasteiger partial charge in [0, 0.05) is 13.7 Å². The summed E-state index contributed by atoms with van der Waals surface area (Å²) in [5.74, 6) is 0. The third-order valence-corrected chi connectivity index (χ3v) is 3.65. The van der Waals surface area contributed by atoms with E-state index in [9.17, 15) is 0 Å². The predicted octanol–water partition coefficient (Wildman–Crippen LogP) is 1.19. The highest BCUT2D eigenvalue weighted by molar-refractivity contribution is 6.61. The normalized spacial score (nSPS) is 12.8. The molecule has 1 unspecified atom stereocenters. The summed E-state index contributed by atoms with van der Waals surface area (Å²) in [6.07, 6.45) is 1.04. The third kappa shape index (κ3) is 3.30. The number of benzene rings is 1. The van der Waals surface area contributed by atoms with Gasteiger partial charge in [0.2, 0.25) is 0 Å². The SMILES string of the molecule is CCCO[SiH](OC)c1ccccc1. The Labute approximate surface area is 81.3 Å². The second kappa shape index (κ2) is 5.91. The quantitative estimate of drug-likeness (QED) is 0.659. The molecule has 13 heavy (non-hydrogen) atoms. The fraction of sp³-hybridized carbons (Fsp3) is 0.400. The highest BCUT2D eigenvalue weighted by atomic mass is 28.3. The Morgan fingerprint density at radius 3 is 2.46 bits per heavy atom. The van der Waals surface area contributed by atoms with Crippen LogP contribution in [0.5, 0.6) is 0 Å². The van der Waals surface area contributed by atoms with Gasteiger partial charge in [-0.1, -0.05) is 37.3 Å². The van der Waals surface area contributed by atoms with Gasteiger partial charge in [-0.25, -0.2) is 0 Å². The van der Waals surface area contributed by atoms with Gasteiger partial charge in [0.25, 0.3) is 0 Å². The molecule has 1 aromatic carbocycles. The molecule has 1 atom stereocenters. The van der Waals surface area contributed by atoms with Crippen molar-refractivity contribution in [2.75, 3.05) is 13.7 Å². The van der Waals surface area contributed by atoms with Gasteiger partial charge in [-0.2, -0.15) is 0 Å². The Morgan fingerprint density at radius 1 is 1.23 bits per heavy atom. The van der Waals surface area contributed by atoms with Crippen LogP contribution in [-0.4, -0.2) is 23.0 Å². The lowest BCUT2D eigenvalue weighted by molar-refractivity contribution is 0.241. The summed E-state index contributed by atoms with van der Waals surface area (Å²) in [6.45, 7) is 2.89. The monoisotopic (exact) mass is 196 g/mol. The van der Waals surface area contributed by atoms with E-state index < -0.39 is 9.28 Å². The molecule has 72 valence electrons. The van der Waals surface area contributed by atoms with E-state index >= 15 is 0 Å². The van der Waals surface area contributed by atoms with E-state index in [0.29, 0.717) is 0 Å². The molecule has 0 aromatic heterocycles. The van der Waals surface area contributed by atoms with Crippen LogP contribution in [0, 0.1) is 0 Å². The number of rotatable bonds is 5. The second-order valence-corrected chi connectivity index (χ2v) is 4.98. The molecule has 3 heteroatoms. The first-order chi connectivity index (χ1) is 6.38. The first-order valence-corrected chi connectivity index (χ1v) is 6.09. The lowest BCUT2D eigenvalue weighted by Gasteiger charge is -2.13. The van der Waals surface area contributed by atoms with E-state index in [4.69, 9.17) is 8.85 Å². The minimum atomic E-state index is -1.59. The molecule has 1 rings (SSSR count). The third-order valence-electron chi connectivity index (χ3n) is 1.76. The molecule has 0 radical (unpaired) electrons. The molecule has 0 aliphatic heterocycles. The van der Waals surface area contributed by atoms with Crippen molar-refractivity contribution < 1.29 is 8.85 Å². The Morgan fingerprint density at radius 2 is 1.92 bits per heavy atom. The van der Waals surface area contributed by atoms with Crippen LogP contribution < -0.4 is 5.19 Å². The van der Waals surface area contributed by atoms with Crippen LogP contribution in [-0.2, 0) is 8.85 Å². The predicted molar refractivity (Wildman–Crippen MR) is 56.5 cm³/mol. The van der Waals surface area contributed by atoms with Crippen LogP contribution in [0.3, 0.4) is 0 Å². The van der Waals surface area contributed by atoms with Gasteiger partial charge in [-0.15, -0.1) is 0 Å². The molecule has 1 aromatic rings. The van der Waals surface area contributed by atoms with Crippen LogP contribution in [0.4, 0.5) is 0 Å². The van der Waals surface area contributed by atoms with Crippen molar-refractivity contribution in [3.8, 4) is 0 Å². The van der Waals surface area contributed by atoms with Gasteiger partial charge < -0.3 is 8.85 Å². The summed E-state index contributed by atoms with van der Waals surface area (Å²) in [7, 11) is 0.133. The van der Waals surface area contributed by atoms with Gasteiger partial charge >= 0.3 is 9.28 Å². The van der Waals surface area contributed by atoms with Crippen molar-refractivity contribution in [1.82, 2.24) is 0 Å². The van der Waals surface area contributed by atoms with Crippen molar-refractivity contribution in [3.05, 3.63) is 30.3 Å². The van der Waals surface area contributed by atoms with Crippen LogP contribution >= 0.6 is 0 Å². The smallest absolute Gasteiger partial charge is 0.355 e. The molecule has 0 N–H and O–H groups in total. The molecule has 0 saturated carbocycles. The molecule has 0 bridgehead atoms. The topological polar surface area (TPSA) is 18.5 Å². The minimum Gasteiger partial charge on any atom is -0.397 e. The average Bonchev–Trinajstić information content (AvgIpc) is 2.21. The van der Waals surface area contributed by atoms with E-state index in [1.165, 1.54) is 5.19 Å². The molecule has 0 heterocycles. The lowest BCUT2D eigenvalue weighted by Crippen LogP contribution is -2.35. The maximum absolute atomic E-state index is 5.64. The largest absolute Gasteiger partial charge is 0.397 e. The van der Waals surface area contributed by atoms with Crippen LogP contribution in [0.25, 0.3) is 0 Å². The number of hydrogen-bond acceptors (Lipinski definition) is 2. The molecule has 0 aliphatic carbocycles.